The number of aliphatic imine (C=N–C) groups is 1. The fraction of sp³-hybridized carbons (Fsp3) is 0.0588. The van der Waals surface area contributed by atoms with Crippen LogP contribution in [0.25, 0.3) is 11.3 Å². The number of hydrogen-bond donors (Lipinski definition) is 3. The molecule has 3 N–H and O–H groups in total. The predicted molar refractivity (Wildman–Crippen MR) is 97.4 cm³/mol. The fourth-order valence-electron chi connectivity index (χ4n) is 2.24. The van der Waals surface area contributed by atoms with E-state index in [1.54, 1.807) is 36.5 Å². The molecule has 126 valence electrons. The Balaban J connectivity index is 2.02. The average molecular weight is 354 g/mol. The zero-order valence-electron chi connectivity index (χ0n) is 13.2. The van der Waals surface area contributed by atoms with E-state index in [-0.39, 0.29) is 16.2 Å². The lowest BCUT2D eigenvalue weighted by Gasteiger charge is -2.05. The van der Waals surface area contributed by atoms with Crippen LogP contribution in [0.2, 0.25) is 0 Å². The molecule has 7 nitrogen and oxygen atoms in total. The molecule has 8 heteroatoms. The third-order valence-electron chi connectivity index (χ3n) is 3.43. The van der Waals surface area contributed by atoms with Gasteiger partial charge in [-0.2, -0.15) is 5.10 Å². The van der Waals surface area contributed by atoms with Crippen LogP contribution in [0.15, 0.2) is 52.3 Å². The Morgan fingerprint density at radius 2 is 2.08 bits per heavy atom. The van der Waals surface area contributed by atoms with Crippen LogP contribution in [-0.2, 0) is 0 Å². The third kappa shape index (κ3) is 3.64. The van der Waals surface area contributed by atoms with Gasteiger partial charge in [0.2, 0.25) is 0 Å². The number of aromatic amines is 2. The van der Waals surface area contributed by atoms with Gasteiger partial charge in [-0.05, 0) is 42.0 Å². The smallest absolute Gasteiger partial charge is 0.278 e. The van der Waals surface area contributed by atoms with Gasteiger partial charge in [-0.25, -0.2) is 0 Å². The first kappa shape index (κ1) is 16.6. The summed E-state index contributed by atoms with van der Waals surface area (Å²) in [6.07, 6.45) is 1.61. The number of rotatable bonds is 4. The van der Waals surface area contributed by atoms with E-state index >= 15 is 0 Å². The number of ether oxygens (including phenoxy) is 1. The van der Waals surface area contributed by atoms with Crippen LogP contribution < -0.4 is 10.3 Å². The van der Waals surface area contributed by atoms with Crippen molar-refractivity contribution in [3.8, 4) is 22.8 Å². The Morgan fingerprint density at radius 3 is 2.84 bits per heavy atom. The summed E-state index contributed by atoms with van der Waals surface area (Å²) < 4.78 is 5.23. The van der Waals surface area contributed by atoms with Crippen LogP contribution in [0.3, 0.4) is 0 Å². The number of phenols is 1. The summed E-state index contributed by atoms with van der Waals surface area (Å²) in [7, 11) is 1.47. The number of benzene rings is 2. The standard InChI is InChI=1S/C17H14N4O3S/c1-24-14-8-10(6-7-13(14)22)9-18-12-5-3-2-4-11(12)15-16(23)19-17(25)21-20-15/h2-9,22H,1H3,(H2,19,21,23,25). The first-order valence-corrected chi connectivity index (χ1v) is 7.69. The molecule has 0 amide bonds. The summed E-state index contributed by atoms with van der Waals surface area (Å²) in [5.41, 5.74) is 1.68. The van der Waals surface area contributed by atoms with Gasteiger partial charge in [-0.15, -0.1) is 0 Å². The Morgan fingerprint density at radius 1 is 1.28 bits per heavy atom. The average Bonchev–Trinajstić information content (AvgIpc) is 2.61. The molecule has 1 heterocycles. The van der Waals surface area contributed by atoms with E-state index in [1.165, 1.54) is 13.2 Å². The summed E-state index contributed by atoms with van der Waals surface area (Å²) in [4.78, 5) is 19.0. The molecule has 3 rings (SSSR count). The minimum atomic E-state index is -0.391. The predicted octanol–water partition coefficient (Wildman–Crippen LogP) is 2.96. The Bertz CT molecular complexity index is 1060. The van der Waals surface area contributed by atoms with Crippen LogP contribution in [0.4, 0.5) is 5.69 Å². The van der Waals surface area contributed by atoms with Gasteiger partial charge in [-0.1, -0.05) is 18.2 Å². The lowest BCUT2D eigenvalue weighted by molar-refractivity contribution is 0.373. The number of aromatic hydroxyl groups is 1. The van der Waals surface area contributed by atoms with Crippen molar-refractivity contribution in [3.63, 3.8) is 0 Å². The zero-order valence-corrected chi connectivity index (χ0v) is 14.0. The van der Waals surface area contributed by atoms with Crippen LogP contribution in [-0.4, -0.2) is 33.6 Å². The molecular formula is C17H14N4O3S. The van der Waals surface area contributed by atoms with Crippen molar-refractivity contribution in [1.82, 2.24) is 15.2 Å². The molecule has 0 saturated carbocycles. The van der Waals surface area contributed by atoms with Crippen molar-refractivity contribution in [2.24, 2.45) is 4.99 Å². The highest BCUT2D eigenvalue weighted by atomic mass is 32.1. The molecule has 1 aromatic heterocycles. The zero-order chi connectivity index (χ0) is 17.8. The molecule has 0 saturated heterocycles. The minimum absolute atomic E-state index is 0.0512. The number of nitrogens with zero attached hydrogens (tertiary/aromatic N) is 2. The van der Waals surface area contributed by atoms with E-state index in [4.69, 9.17) is 17.0 Å². The monoisotopic (exact) mass is 354 g/mol. The maximum Gasteiger partial charge on any atom is 0.278 e. The van der Waals surface area contributed by atoms with E-state index < -0.39 is 5.56 Å². The summed E-state index contributed by atoms with van der Waals surface area (Å²) in [6, 6.07) is 12.0. The number of para-hydroxylation sites is 1. The summed E-state index contributed by atoms with van der Waals surface area (Å²) in [5, 5.41) is 16.2. The Kier molecular flexibility index (Phi) is 4.71. The van der Waals surface area contributed by atoms with Gasteiger partial charge in [0.05, 0.1) is 12.8 Å². The lowest BCUT2D eigenvalue weighted by atomic mass is 10.1. The largest absolute Gasteiger partial charge is 0.504 e. The van der Waals surface area contributed by atoms with Crippen molar-refractivity contribution in [3.05, 3.63) is 63.2 Å². The lowest BCUT2D eigenvalue weighted by Crippen LogP contribution is -2.12. The minimum Gasteiger partial charge on any atom is -0.504 e. The van der Waals surface area contributed by atoms with E-state index in [0.717, 1.165) is 5.56 Å². The van der Waals surface area contributed by atoms with Crippen LogP contribution in [0.5, 0.6) is 11.5 Å². The first-order chi connectivity index (χ1) is 12.1. The van der Waals surface area contributed by atoms with Gasteiger partial charge in [0.25, 0.3) is 5.56 Å². The number of phenolic OH excluding ortho intramolecular Hbond substituents is 1. The molecule has 2 aromatic carbocycles. The fourth-order valence-corrected chi connectivity index (χ4v) is 2.37. The molecule has 0 aliphatic carbocycles. The molecule has 0 unspecified atom stereocenters. The highest BCUT2D eigenvalue weighted by Gasteiger charge is 2.09. The molecule has 0 aliphatic heterocycles. The van der Waals surface area contributed by atoms with Gasteiger partial charge in [0.1, 0.15) is 0 Å². The molecule has 25 heavy (non-hydrogen) atoms. The molecule has 0 atom stereocenters. The van der Waals surface area contributed by atoms with Gasteiger partial charge < -0.3 is 9.84 Å². The number of H-pyrrole nitrogens is 2. The van der Waals surface area contributed by atoms with E-state index in [0.29, 0.717) is 17.0 Å². The quantitative estimate of drug-likeness (QED) is 0.494. The first-order valence-electron chi connectivity index (χ1n) is 7.28. The second-order valence-corrected chi connectivity index (χ2v) is 5.47. The summed E-state index contributed by atoms with van der Waals surface area (Å²) in [5.74, 6) is 0.404. The number of aromatic nitrogens is 3. The number of methoxy groups -OCH3 is 1. The highest BCUT2D eigenvalue weighted by Crippen LogP contribution is 2.28. The molecule has 0 aliphatic rings. The van der Waals surface area contributed by atoms with Crippen LogP contribution in [0.1, 0.15) is 5.56 Å². The second kappa shape index (κ2) is 7.10. The van der Waals surface area contributed by atoms with Crippen LogP contribution in [0, 0.1) is 4.77 Å². The Hall–Kier alpha value is -3.26. The van der Waals surface area contributed by atoms with E-state index in [2.05, 4.69) is 20.2 Å². The second-order valence-electron chi connectivity index (χ2n) is 5.06. The normalized spacial score (nSPS) is 10.9. The molecular weight excluding hydrogens is 340 g/mol. The van der Waals surface area contributed by atoms with Crippen molar-refractivity contribution >= 4 is 24.1 Å². The molecule has 0 radical (unpaired) electrons. The molecule has 0 fully saturated rings. The maximum atomic E-state index is 12.1. The SMILES string of the molecule is COc1cc(C=Nc2ccccc2-c2n[nH]c(=S)[nH]c2=O)ccc1O. The van der Waals surface area contributed by atoms with Crippen molar-refractivity contribution in [2.75, 3.05) is 7.11 Å². The topological polar surface area (TPSA) is 103 Å². The Labute approximate surface area is 147 Å². The highest BCUT2D eigenvalue weighted by molar-refractivity contribution is 7.71. The van der Waals surface area contributed by atoms with Gasteiger partial charge in [0.15, 0.2) is 22.0 Å². The molecule has 0 bridgehead atoms. The maximum absolute atomic E-state index is 12.1. The van der Waals surface area contributed by atoms with Crippen molar-refractivity contribution in [2.45, 2.75) is 0 Å². The summed E-state index contributed by atoms with van der Waals surface area (Å²) in [6.45, 7) is 0. The van der Waals surface area contributed by atoms with Crippen molar-refractivity contribution < 1.29 is 9.84 Å². The third-order valence-corrected chi connectivity index (χ3v) is 3.62. The molecule has 3 aromatic rings. The van der Waals surface area contributed by atoms with E-state index in [1.807, 2.05) is 6.07 Å². The molecule has 0 spiro atoms. The van der Waals surface area contributed by atoms with Crippen LogP contribution >= 0.6 is 12.2 Å². The van der Waals surface area contributed by atoms with E-state index in [9.17, 15) is 9.90 Å². The summed E-state index contributed by atoms with van der Waals surface area (Å²) >= 11 is 4.86. The van der Waals surface area contributed by atoms with Gasteiger partial charge in [-0.3, -0.25) is 19.9 Å². The van der Waals surface area contributed by atoms with Gasteiger partial charge in [0, 0.05) is 11.8 Å². The number of nitrogens with one attached hydrogen (secondary N) is 2. The number of hydrogen-bond acceptors (Lipinski definition) is 6. The van der Waals surface area contributed by atoms with Gasteiger partial charge >= 0.3 is 0 Å². The van der Waals surface area contributed by atoms with Crippen molar-refractivity contribution in [1.29, 1.82) is 0 Å².